The molecule has 0 saturated heterocycles. The maximum Gasteiger partial charge on any atom is 0.130 e. The Bertz CT molecular complexity index is 289. The van der Waals surface area contributed by atoms with Gasteiger partial charge >= 0.3 is 0 Å². The van der Waals surface area contributed by atoms with Gasteiger partial charge in [-0.1, -0.05) is 19.1 Å². The first-order valence-electron chi connectivity index (χ1n) is 4.34. The lowest BCUT2D eigenvalue weighted by Crippen LogP contribution is -2.00. The van der Waals surface area contributed by atoms with Crippen LogP contribution in [0.5, 0.6) is 0 Å². The summed E-state index contributed by atoms with van der Waals surface area (Å²) in [5.74, 6) is 0.105. The van der Waals surface area contributed by atoms with Crippen molar-refractivity contribution in [3.8, 4) is 0 Å². The molecule has 1 atom stereocenters. The minimum atomic E-state index is -0.237. The summed E-state index contributed by atoms with van der Waals surface area (Å²) in [6.45, 7) is 3.54. The van der Waals surface area contributed by atoms with E-state index in [0.717, 1.165) is 5.56 Å². The lowest BCUT2D eigenvalue weighted by molar-refractivity contribution is -0.117. The van der Waals surface area contributed by atoms with Gasteiger partial charge < -0.3 is 4.79 Å². The zero-order valence-corrected chi connectivity index (χ0v) is 7.88. The number of rotatable bonds is 3. The SMILES string of the molecule is CC(=O)C[C@@H](C)c1ccc(F)cc1. The smallest absolute Gasteiger partial charge is 0.130 e. The van der Waals surface area contributed by atoms with E-state index in [4.69, 9.17) is 0 Å². The monoisotopic (exact) mass is 180 g/mol. The fourth-order valence-corrected chi connectivity index (χ4v) is 1.34. The van der Waals surface area contributed by atoms with E-state index in [1.807, 2.05) is 6.92 Å². The summed E-state index contributed by atoms with van der Waals surface area (Å²) < 4.78 is 12.5. The van der Waals surface area contributed by atoms with Gasteiger partial charge in [0.1, 0.15) is 11.6 Å². The van der Waals surface area contributed by atoms with Crippen molar-refractivity contribution in [2.75, 3.05) is 0 Å². The first kappa shape index (κ1) is 9.90. The molecule has 0 N–H and O–H groups in total. The predicted octanol–water partition coefficient (Wildman–Crippen LogP) is 2.91. The van der Waals surface area contributed by atoms with Crippen LogP contribution in [0.2, 0.25) is 0 Å². The van der Waals surface area contributed by atoms with E-state index in [1.165, 1.54) is 12.1 Å². The second-order valence-corrected chi connectivity index (χ2v) is 3.36. The summed E-state index contributed by atoms with van der Waals surface area (Å²) in [6.07, 6.45) is 0.519. The maximum atomic E-state index is 12.5. The van der Waals surface area contributed by atoms with E-state index in [9.17, 15) is 9.18 Å². The summed E-state index contributed by atoms with van der Waals surface area (Å²) in [5.41, 5.74) is 1.01. The van der Waals surface area contributed by atoms with Gasteiger partial charge in [0.05, 0.1) is 0 Å². The lowest BCUT2D eigenvalue weighted by atomic mass is 9.96. The van der Waals surface area contributed by atoms with Crippen molar-refractivity contribution in [1.29, 1.82) is 0 Å². The zero-order valence-electron chi connectivity index (χ0n) is 7.88. The van der Waals surface area contributed by atoms with Crippen molar-refractivity contribution in [3.05, 3.63) is 35.6 Å². The quantitative estimate of drug-likeness (QED) is 0.699. The highest BCUT2D eigenvalue weighted by Gasteiger charge is 2.07. The average molecular weight is 180 g/mol. The van der Waals surface area contributed by atoms with Gasteiger partial charge in [-0.05, 0) is 30.5 Å². The van der Waals surface area contributed by atoms with Crippen molar-refractivity contribution < 1.29 is 9.18 Å². The van der Waals surface area contributed by atoms with E-state index in [2.05, 4.69) is 0 Å². The molecular formula is C11H13FO. The summed E-state index contributed by atoms with van der Waals surface area (Å²) in [6, 6.07) is 6.30. The first-order valence-corrected chi connectivity index (χ1v) is 4.34. The minimum Gasteiger partial charge on any atom is -0.300 e. The molecule has 1 rings (SSSR count). The summed E-state index contributed by atoms with van der Waals surface area (Å²) in [7, 11) is 0. The topological polar surface area (TPSA) is 17.1 Å². The zero-order chi connectivity index (χ0) is 9.84. The first-order chi connectivity index (χ1) is 6.09. The molecule has 0 aliphatic heterocycles. The van der Waals surface area contributed by atoms with E-state index in [-0.39, 0.29) is 17.5 Å². The summed E-state index contributed by atoms with van der Waals surface area (Å²) >= 11 is 0. The molecule has 0 heterocycles. The van der Waals surface area contributed by atoms with Crippen LogP contribution in [-0.2, 0) is 4.79 Å². The molecule has 0 spiro atoms. The fourth-order valence-electron chi connectivity index (χ4n) is 1.34. The number of carbonyl (C=O) groups excluding carboxylic acids is 1. The molecular weight excluding hydrogens is 167 g/mol. The van der Waals surface area contributed by atoms with E-state index >= 15 is 0 Å². The van der Waals surface area contributed by atoms with E-state index < -0.39 is 0 Å². The van der Waals surface area contributed by atoms with Crippen molar-refractivity contribution >= 4 is 5.78 Å². The molecule has 0 aliphatic carbocycles. The third kappa shape index (κ3) is 2.98. The molecule has 70 valence electrons. The van der Waals surface area contributed by atoms with Crippen LogP contribution in [0.4, 0.5) is 4.39 Å². The number of ketones is 1. The van der Waals surface area contributed by atoms with Crippen LogP contribution in [0.25, 0.3) is 0 Å². The van der Waals surface area contributed by atoms with Gasteiger partial charge in [-0.15, -0.1) is 0 Å². The Kier molecular flexibility index (Phi) is 3.18. The number of carbonyl (C=O) groups is 1. The predicted molar refractivity (Wildman–Crippen MR) is 50.1 cm³/mol. The molecule has 1 aromatic rings. The van der Waals surface area contributed by atoms with Gasteiger partial charge in [-0.25, -0.2) is 4.39 Å². The average Bonchev–Trinajstić information content (AvgIpc) is 2.04. The van der Waals surface area contributed by atoms with Gasteiger partial charge in [0.15, 0.2) is 0 Å². The van der Waals surface area contributed by atoms with Gasteiger partial charge in [0.25, 0.3) is 0 Å². The normalized spacial score (nSPS) is 12.5. The Labute approximate surface area is 77.6 Å². The third-order valence-corrected chi connectivity index (χ3v) is 2.03. The van der Waals surface area contributed by atoms with Crippen LogP contribution in [-0.4, -0.2) is 5.78 Å². The Morgan fingerprint density at radius 1 is 1.38 bits per heavy atom. The molecule has 0 radical (unpaired) electrons. The molecule has 13 heavy (non-hydrogen) atoms. The molecule has 0 fully saturated rings. The molecule has 0 unspecified atom stereocenters. The number of Topliss-reactive ketones (excluding diaryl/α,β-unsaturated/α-hetero) is 1. The molecule has 0 saturated carbocycles. The Morgan fingerprint density at radius 2 is 1.92 bits per heavy atom. The fraction of sp³-hybridized carbons (Fsp3) is 0.364. The summed E-state index contributed by atoms with van der Waals surface area (Å²) in [5, 5.41) is 0. The number of benzene rings is 1. The second-order valence-electron chi connectivity index (χ2n) is 3.36. The van der Waals surface area contributed by atoms with Crippen LogP contribution in [0, 0.1) is 5.82 Å². The standard InChI is InChI=1S/C11H13FO/c1-8(7-9(2)13)10-3-5-11(12)6-4-10/h3-6,8H,7H2,1-2H3/t8-/m1/s1. The van der Waals surface area contributed by atoms with E-state index in [1.54, 1.807) is 19.1 Å². The van der Waals surface area contributed by atoms with Crippen LogP contribution >= 0.6 is 0 Å². The third-order valence-electron chi connectivity index (χ3n) is 2.03. The summed E-state index contributed by atoms with van der Waals surface area (Å²) in [4.78, 5) is 10.8. The van der Waals surface area contributed by atoms with Crippen molar-refractivity contribution in [2.45, 2.75) is 26.2 Å². The molecule has 0 amide bonds. The van der Waals surface area contributed by atoms with Gasteiger partial charge in [-0.3, -0.25) is 0 Å². The van der Waals surface area contributed by atoms with Crippen LogP contribution in [0.15, 0.2) is 24.3 Å². The molecule has 0 aromatic heterocycles. The van der Waals surface area contributed by atoms with Crippen molar-refractivity contribution in [2.24, 2.45) is 0 Å². The van der Waals surface area contributed by atoms with Gasteiger partial charge in [-0.2, -0.15) is 0 Å². The minimum absolute atomic E-state index is 0.164. The number of hydrogen-bond donors (Lipinski definition) is 0. The Hall–Kier alpha value is -1.18. The maximum absolute atomic E-state index is 12.5. The Balaban J connectivity index is 2.71. The molecule has 2 heteroatoms. The lowest BCUT2D eigenvalue weighted by Gasteiger charge is -2.08. The largest absolute Gasteiger partial charge is 0.300 e. The van der Waals surface area contributed by atoms with Crippen LogP contribution in [0.1, 0.15) is 31.7 Å². The van der Waals surface area contributed by atoms with Crippen LogP contribution < -0.4 is 0 Å². The van der Waals surface area contributed by atoms with E-state index in [0.29, 0.717) is 6.42 Å². The molecule has 0 bridgehead atoms. The highest BCUT2D eigenvalue weighted by atomic mass is 19.1. The van der Waals surface area contributed by atoms with Gasteiger partial charge in [0, 0.05) is 6.42 Å². The second kappa shape index (κ2) is 4.17. The highest BCUT2D eigenvalue weighted by molar-refractivity contribution is 5.76. The number of hydrogen-bond acceptors (Lipinski definition) is 1. The molecule has 0 aliphatic rings. The van der Waals surface area contributed by atoms with Crippen LogP contribution in [0.3, 0.4) is 0 Å². The molecule has 1 nitrogen and oxygen atoms in total. The van der Waals surface area contributed by atoms with Crippen molar-refractivity contribution in [1.82, 2.24) is 0 Å². The van der Waals surface area contributed by atoms with Crippen molar-refractivity contribution in [3.63, 3.8) is 0 Å². The molecule has 1 aromatic carbocycles. The van der Waals surface area contributed by atoms with Gasteiger partial charge in [0.2, 0.25) is 0 Å². The Morgan fingerprint density at radius 3 is 2.38 bits per heavy atom. The number of halogens is 1. The highest BCUT2D eigenvalue weighted by Crippen LogP contribution is 2.19.